The van der Waals surface area contributed by atoms with E-state index in [1.54, 1.807) is 7.11 Å². The van der Waals surface area contributed by atoms with Crippen molar-refractivity contribution in [1.29, 1.82) is 0 Å². The van der Waals surface area contributed by atoms with Crippen LogP contribution in [0.2, 0.25) is 0 Å². The molecule has 0 amide bonds. The molecule has 0 aliphatic rings. The minimum absolute atomic E-state index is 0.319. The van der Waals surface area contributed by atoms with Crippen molar-refractivity contribution >= 4 is 5.95 Å². The zero-order valence-corrected chi connectivity index (χ0v) is 12.7. The zero-order chi connectivity index (χ0) is 13.9. The number of rotatable bonds is 11. The van der Waals surface area contributed by atoms with Gasteiger partial charge in [-0.25, -0.2) is 4.98 Å². The molecule has 1 unspecified atom stereocenters. The number of imidazole rings is 1. The molecule has 0 saturated heterocycles. The largest absolute Gasteiger partial charge is 0.383 e. The highest BCUT2D eigenvalue weighted by Gasteiger charge is 2.08. The predicted octanol–water partition coefficient (Wildman–Crippen LogP) is 3.86. The zero-order valence-electron chi connectivity index (χ0n) is 12.7. The Morgan fingerprint density at radius 3 is 2.74 bits per heavy atom. The van der Waals surface area contributed by atoms with Gasteiger partial charge in [-0.3, -0.25) is 0 Å². The van der Waals surface area contributed by atoms with Gasteiger partial charge in [-0.2, -0.15) is 0 Å². The molecular weight excluding hydrogens is 238 g/mol. The quantitative estimate of drug-likeness (QED) is 0.619. The van der Waals surface area contributed by atoms with Crippen LogP contribution in [-0.2, 0) is 4.74 Å². The molecule has 1 N–H and O–H groups in total. The Hall–Kier alpha value is -1.03. The Kier molecular flexibility index (Phi) is 8.30. The average Bonchev–Trinajstić information content (AvgIpc) is 2.86. The summed E-state index contributed by atoms with van der Waals surface area (Å²) in [4.78, 5) is 4.36. The molecule has 0 aromatic carbocycles. The van der Waals surface area contributed by atoms with Crippen molar-refractivity contribution in [3.63, 3.8) is 0 Å². The van der Waals surface area contributed by atoms with Crippen LogP contribution >= 0.6 is 0 Å². The lowest BCUT2D eigenvalue weighted by atomic mass is 10.1. The number of ether oxygens (including phenoxy) is 1. The minimum Gasteiger partial charge on any atom is -0.383 e. The number of unbranched alkanes of at least 4 members (excludes halogenated alkanes) is 5. The molecular formula is C15H29N3O. The first-order valence-electron chi connectivity index (χ1n) is 7.55. The minimum atomic E-state index is 0.319. The van der Waals surface area contributed by atoms with Gasteiger partial charge >= 0.3 is 0 Å². The first-order valence-corrected chi connectivity index (χ1v) is 7.55. The number of nitrogens with one attached hydrogen (secondary N) is 1. The van der Waals surface area contributed by atoms with Crippen LogP contribution in [0.15, 0.2) is 12.4 Å². The Bertz CT molecular complexity index is 325. The third-order valence-corrected chi connectivity index (χ3v) is 3.36. The molecule has 1 rings (SSSR count). The fourth-order valence-corrected chi connectivity index (χ4v) is 2.23. The van der Waals surface area contributed by atoms with E-state index in [9.17, 15) is 0 Å². The lowest BCUT2D eigenvalue weighted by molar-refractivity contribution is 0.163. The summed E-state index contributed by atoms with van der Waals surface area (Å²) in [6.07, 6.45) is 11.8. The molecule has 0 saturated carbocycles. The van der Waals surface area contributed by atoms with Crippen molar-refractivity contribution in [3.05, 3.63) is 12.4 Å². The van der Waals surface area contributed by atoms with Gasteiger partial charge in [0.1, 0.15) is 0 Å². The van der Waals surface area contributed by atoms with Crippen molar-refractivity contribution < 1.29 is 4.74 Å². The average molecular weight is 267 g/mol. The second-order valence-corrected chi connectivity index (χ2v) is 5.16. The maximum absolute atomic E-state index is 5.19. The van der Waals surface area contributed by atoms with Gasteiger partial charge in [-0.1, -0.05) is 39.0 Å². The molecule has 0 aliphatic heterocycles. The van der Waals surface area contributed by atoms with E-state index in [2.05, 4.69) is 28.7 Å². The molecule has 19 heavy (non-hydrogen) atoms. The summed E-state index contributed by atoms with van der Waals surface area (Å²) in [6.45, 7) is 6.11. The number of methoxy groups -OCH3 is 1. The van der Waals surface area contributed by atoms with E-state index in [0.29, 0.717) is 12.6 Å². The normalized spacial score (nSPS) is 12.6. The molecule has 0 fully saturated rings. The molecule has 1 heterocycles. The predicted molar refractivity (Wildman–Crippen MR) is 80.7 cm³/mol. The molecule has 110 valence electrons. The third-order valence-electron chi connectivity index (χ3n) is 3.36. The van der Waals surface area contributed by atoms with E-state index in [1.807, 2.05) is 12.4 Å². The molecule has 4 heteroatoms. The first-order chi connectivity index (χ1) is 9.29. The van der Waals surface area contributed by atoms with E-state index in [-0.39, 0.29) is 0 Å². The van der Waals surface area contributed by atoms with Crippen molar-refractivity contribution in [1.82, 2.24) is 9.55 Å². The first kappa shape index (κ1) is 16.0. The van der Waals surface area contributed by atoms with E-state index >= 15 is 0 Å². The monoisotopic (exact) mass is 267 g/mol. The van der Waals surface area contributed by atoms with Crippen molar-refractivity contribution in [2.45, 2.75) is 58.4 Å². The topological polar surface area (TPSA) is 39.1 Å². The van der Waals surface area contributed by atoms with E-state index in [0.717, 1.165) is 12.5 Å². The highest BCUT2D eigenvalue weighted by Crippen LogP contribution is 2.14. The summed E-state index contributed by atoms with van der Waals surface area (Å²) in [5, 5.41) is 3.42. The highest BCUT2D eigenvalue weighted by atomic mass is 16.5. The standard InChI is InChI=1S/C15H29N3O/c1-4-5-6-7-8-9-10-16-15-17-11-12-18(15)14(2)13-19-3/h11-12,14H,4-10,13H2,1-3H3,(H,16,17). The Labute approximate surface area is 117 Å². The van der Waals surface area contributed by atoms with Gasteiger partial charge in [-0.15, -0.1) is 0 Å². The van der Waals surface area contributed by atoms with Gasteiger partial charge in [0, 0.05) is 26.0 Å². The maximum atomic E-state index is 5.19. The molecule has 0 aliphatic carbocycles. The van der Waals surface area contributed by atoms with Gasteiger partial charge in [0.2, 0.25) is 5.95 Å². The summed E-state index contributed by atoms with van der Waals surface area (Å²) in [5.74, 6) is 0.957. The number of hydrogen-bond acceptors (Lipinski definition) is 3. The van der Waals surface area contributed by atoms with Gasteiger partial charge in [0.15, 0.2) is 0 Å². The number of nitrogens with zero attached hydrogens (tertiary/aromatic N) is 2. The van der Waals surface area contributed by atoms with Gasteiger partial charge < -0.3 is 14.6 Å². The van der Waals surface area contributed by atoms with E-state index in [4.69, 9.17) is 4.74 Å². The number of aromatic nitrogens is 2. The molecule has 1 aromatic heterocycles. The fraction of sp³-hybridized carbons (Fsp3) is 0.800. The fourth-order valence-electron chi connectivity index (χ4n) is 2.23. The van der Waals surface area contributed by atoms with Crippen molar-refractivity contribution in [2.75, 3.05) is 25.6 Å². The lowest BCUT2D eigenvalue weighted by Crippen LogP contribution is -2.15. The van der Waals surface area contributed by atoms with Crippen LogP contribution in [0.1, 0.15) is 58.4 Å². The van der Waals surface area contributed by atoms with Gasteiger partial charge in [-0.05, 0) is 13.3 Å². The van der Waals surface area contributed by atoms with Crippen LogP contribution in [-0.4, -0.2) is 29.8 Å². The Morgan fingerprint density at radius 2 is 2.00 bits per heavy atom. The SMILES string of the molecule is CCCCCCCCNc1nccn1C(C)COC. The molecule has 0 spiro atoms. The van der Waals surface area contributed by atoms with Crippen molar-refractivity contribution in [3.8, 4) is 0 Å². The number of anilines is 1. The summed E-state index contributed by atoms with van der Waals surface area (Å²) < 4.78 is 7.33. The number of hydrogen-bond donors (Lipinski definition) is 1. The lowest BCUT2D eigenvalue weighted by Gasteiger charge is -2.16. The highest BCUT2D eigenvalue weighted by molar-refractivity contribution is 5.26. The summed E-state index contributed by atoms with van der Waals surface area (Å²) in [5.41, 5.74) is 0. The molecule has 0 radical (unpaired) electrons. The molecule has 0 bridgehead atoms. The van der Waals surface area contributed by atoms with Crippen LogP contribution in [0.25, 0.3) is 0 Å². The van der Waals surface area contributed by atoms with Gasteiger partial charge in [0.25, 0.3) is 0 Å². The smallest absolute Gasteiger partial charge is 0.203 e. The van der Waals surface area contributed by atoms with Crippen molar-refractivity contribution in [2.24, 2.45) is 0 Å². The van der Waals surface area contributed by atoms with Crippen LogP contribution in [0.4, 0.5) is 5.95 Å². The van der Waals surface area contributed by atoms with E-state index < -0.39 is 0 Å². The molecule has 4 nitrogen and oxygen atoms in total. The van der Waals surface area contributed by atoms with Crippen LogP contribution in [0.3, 0.4) is 0 Å². The Morgan fingerprint density at radius 1 is 1.26 bits per heavy atom. The Balaban J connectivity index is 2.20. The van der Waals surface area contributed by atoms with Crippen LogP contribution in [0.5, 0.6) is 0 Å². The molecule has 1 atom stereocenters. The molecule has 1 aromatic rings. The van der Waals surface area contributed by atoms with Gasteiger partial charge in [0.05, 0.1) is 12.6 Å². The summed E-state index contributed by atoms with van der Waals surface area (Å²) in [6, 6.07) is 0.319. The third kappa shape index (κ3) is 6.10. The second-order valence-electron chi connectivity index (χ2n) is 5.16. The summed E-state index contributed by atoms with van der Waals surface area (Å²) >= 11 is 0. The van der Waals surface area contributed by atoms with Crippen LogP contribution < -0.4 is 5.32 Å². The van der Waals surface area contributed by atoms with E-state index in [1.165, 1.54) is 38.5 Å². The maximum Gasteiger partial charge on any atom is 0.203 e. The second kappa shape index (κ2) is 9.84. The summed E-state index contributed by atoms with van der Waals surface area (Å²) in [7, 11) is 1.73. The van der Waals surface area contributed by atoms with Crippen LogP contribution in [0, 0.1) is 0 Å².